The van der Waals surface area contributed by atoms with Gasteiger partial charge >= 0.3 is 5.97 Å². The molecule has 0 bridgehead atoms. The van der Waals surface area contributed by atoms with Crippen molar-refractivity contribution in [2.45, 2.75) is 19.9 Å². The fourth-order valence-electron chi connectivity index (χ4n) is 2.82. The van der Waals surface area contributed by atoms with Gasteiger partial charge in [-0.15, -0.1) is 0 Å². The molecule has 0 aliphatic carbocycles. The standard InChI is InChI=1S/C18H18N2O5/c1-11-4-5-12(18(23)24)7-15(11)19-17(22)13-8-16(21)20(9-13)10-14-3-2-6-25-14/h2-7,13H,8-10H2,1H3,(H,19,22)(H,23,24). The summed E-state index contributed by atoms with van der Waals surface area (Å²) in [6.07, 6.45) is 1.67. The number of hydrogen-bond acceptors (Lipinski definition) is 4. The van der Waals surface area contributed by atoms with Gasteiger partial charge in [0.05, 0.1) is 24.3 Å². The maximum absolute atomic E-state index is 12.5. The van der Waals surface area contributed by atoms with Crippen molar-refractivity contribution in [2.75, 3.05) is 11.9 Å². The van der Waals surface area contributed by atoms with Crippen LogP contribution in [-0.2, 0) is 16.1 Å². The number of carbonyl (C=O) groups excluding carboxylic acids is 2. The maximum atomic E-state index is 12.5. The van der Waals surface area contributed by atoms with E-state index in [4.69, 9.17) is 9.52 Å². The Bertz CT molecular complexity index is 813. The molecule has 130 valence electrons. The number of furan rings is 1. The lowest BCUT2D eigenvalue weighted by Gasteiger charge is -2.15. The molecule has 1 aliphatic rings. The van der Waals surface area contributed by atoms with Crippen LogP contribution in [0.2, 0.25) is 0 Å². The average Bonchev–Trinajstić information content (AvgIpc) is 3.20. The van der Waals surface area contributed by atoms with E-state index in [2.05, 4.69) is 5.32 Å². The number of nitrogens with one attached hydrogen (secondary N) is 1. The van der Waals surface area contributed by atoms with Gasteiger partial charge in [0.1, 0.15) is 5.76 Å². The van der Waals surface area contributed by atoms with Gasteiger partial charge in [0.25, 0.3) is 0 Å². The van der Waals surface area contributed by atoms with Gasteiger partial charge in [-0.25, -0.2) is 4.79 Å². The molecule has 2 amide bonds. The molecule has 1 saturated heterocycles. The molecule has 0 saturated carbocycles. The summed E-state index contributed by atoms with van der Waals surface area (Å²) in [4.78, 5) is 37.2. The Labute approximate surface area is 144 Å². The zero-order chi connectivity index (χ0) is 18.0. The molecule has 1 atom stereocenters. The lowest BCUT2D eigenvalue weighted by Crippen LogP contribution is -2.28. The maximum Gasteiger partial charge on any atom is 0.335 e. The summed E-state index contributed by atoms with van der Waals surface area (Å²) in [5.41, 5.74) is 1.31. The number of amides is 2. The number of carboxylic acids is 1. The summed E-state index contributed by atoms with van der Waals surface area (Å²) in [5.74, 6) is -1.26. The van der Waals surface area contributed by atoms with Gasteiger partial charge in [-0.2, -0.15) is 0 Å². The Morgan fingerprint density at radius 2 is 2.16 bits per heavy atom. The molecule has 25 heavy (non-hydrogen) atoms. The van der Waals surface area contributed by atoms with Gasteiger partial charge in [-0.3, -0.25) is 9.59 Å². The predicted molar refractivity (Wildman–Crippen MR) is 89.0 cm³/mol. The highest BCUT2D eigenvalue weighted by Gasteiger charge is 2.34. The lowest BCUT2D eigenvalue weighted by atomic mass is 10.1. The van der Waals surface area contributed by atoms with Crippen molar-refractivity contribution in [1.29, 1.82) is 0 Å². The smallest absolute Gasteiger partial charge is 0.335 e. The zero-order valence-electron chi connectivity index (χ0n) is 13.7. The fraction of sp³-hybridized carbons (Fsp3) is 0.278. The summed E-state index contributed by atoms with van der Waals surface area (Å²) in [6, 6.07) is 8.08. The molecule has 2 aromatic rings. The van der Waals surface area contributed by atoms with Gasteiger partial charge in [-0.05, 0) is 36.8 Å². The molecule has 7 heteroatoms. The van der Waals surface area contributed by atoms with Crippen molar-refractivity contribution in [3.63, 3.8) is 0 Å². The Kier molecular flexibility index (Phi) is 4.56. The Morgan fingerprint density at radius 1 is 1.36 bits per heavy atom. The third-order valence-corrected chi connectivity index (χ3v) is 4.25. The fourth-order valence-corrected chi connectivity index (χ4v) is 2.82. The molecular formula is C18H18N2O5. The number of carbonyl (C=O) groups is 3. The van der Waals surface area contributed by atoms with Crippen LogP contribution < -0.4 is 5.32 Å². The molecule has 1 fully saturated rings. The first-order chi connectivity index (χ1) is 11.9. The monoisotopic (exact) mass is 342 g/mol. The first kappa shape index (κ1) is 16.8. The van der Waals surface area contributed by atoms with Crippen molar-refractivity contribution in [1.82, 2.24) is 4.90 Å². The zero-order valence-corrected chi connectivity index (χ0v) is 13.7. The average molecular weight is 342 g/mol. The first-order valence-corrected chi connectivity index (χ1v) is 7.89. The molecule has 1 unspecified atom stereocenters. The number of rotatable bonds is 5. The van der Waals surface area contributed by atoms with E-state index in [1.54, 1.807) is 30.0 Å². The molecular weight excluding hydrogens is 324 g/mol. The van der Waals surface area contributed by atoms with Gasteiger partial charge in [0, 0.05) is 18.7 Å². The van der Waals surface area contributed by atoms with Crippen LogP contribution in [0.15, 0.2) is 41.0 Å². The van der Waals surface area contributed by atoms with Crippen molar-refractivity contribution >= 4 is 23.5 Å². The quantitative estimate of drug-likeness (QED) is 0.868. The SMILES string of the molecule is Cc1ccc(C(=O)O)cc1NC(=O)C1CC(=O)N(Cc2ccco2)C1. The van der Waals surface area contributed by atoms with E-state index < -0.39 is 11.9 Å². The minimum Gasteiger partial charge on any atom is -0.478 e. The number of anilines is 1. The number of hydrogen-bond donors (Lipinski definition) is 2. The van der Waals surface area contributed by atoms with Gasteiger partial charge in [0.15, 0.2) is 0 Å². The van der Waals surface area contributed by atoms with Crippen molar-refractivity contribution in [3.8, 4) is 0 Å². The molecule has 7 nitrogen and oxygen atoms in total. The van der Waals surface area contributed by atoms with E-state index in [1.165, 1.54) is 18.4 Å². The predicted octanol–water partition coefficient (Wildman–Crippen LogP) is 2.27. The minimum atomic E-state index is -1.06. The van der Waals surface area contributed by atoms with Gasteiger partial charge < -0.3 is 19.7 Å². The third kappa shape index (κ3) is 3.71. The van der Waals surface area contributed by atoms with E-state index in [0.29, 0.717) is 24.5 Å². The number of nitrogens with zero attached hydrogens (tertiary/aromatic N) is 1. The number of carboxylic acid groups (broad SMARTS) is 1. The normalized spacial score (nSPS) is 16.9. The summed E-state index contributed by atoms with van der Waals surface area (Å²) in [7, 11) is 0. The lowest BCUT2D eigenvalue weighted by molar-refractivity contribution is -0.128. The van der Waals surface area contributed by atoms with Crippen molar-refractivity contribution < 1.29 is 23.9 Å². The summed E-state index contributed by atoms with van der Waals surface area (Å²) < 4.78 is 5.24. The second-order valence-corrected chi connectivity index (χ2v) is 6.08. The first-order valence-electron chi connectivity index (χ1n) is 7.89. The van der Waals surface area contributed by atoms with Crippen LogP contribution >= 0.6 is 0 Å². The Hall–Kier alpha value is -3.09. The van der Waals surface area contributed by atoms with Crippen LogP contribution in [0.4, 0.5) is 5.69 Å². The number of benzene rings is 1. The molecule has 2 N–H and O–H groups in total. The number of likely N-dealkylation sites (tertiary alicyclic amines) is 1. The number of aryl methyl sites for hydroxylation is 1. The van der Waals surface area contributed by atoms with Gasteiger partial charge in [-0.1, -0.05) is 6.07 Å². The Morgan fingerprint density at radius 3 is 2.84 bits per heavy atom. The highest BCUT2D eigenvalue weighted by molar-refractivity contribution is 5.98. The van der Waals surface area contributed by atoms with E-state index in [9.17, 15) is 14.4 Å². The topological polar surface area (TPSA) is 99.8 Å². The van der Waals surface area contributed by atoms with Crippen LogP contribution in [-0.4, -0.2) is 34.3 Å². The van der Waals surface area contributed by atoms with E-state index in [-0.39, 0.29) is 23.8 Å². The minimum absolute atomic E-state index is 0.0999. The van der Waals surface area contributed by atoms with Crippen LogP contribution in [0.25, 0.3) is 0 Å². The largest absolute Gasteiger partial charge is 0.478 e. The molecule has 1 aromatic carbocycles. The number of aromatic carboxylic acids is 1. The summed E-state index contributed by atoms with van der Waals surface area (Å²) >= 11 is 0. The van der Waals surface area contributed by atoms with Gasteiger partial charge in [0.2, 0.25) is 11.8 Å². The van der Waals surface area contributed by atoms with E-state index in [0.717, 1.165) is 5.56 Å². The van der Waals surface area contributed by atoms with Crippen LogP contribution in [0.5, 0.6) is 0 Å². The van der Waals surface area contributed by atoms with E-state index >= 15 is 0 Å². The summed E-state index contributed by atoms with van der Waals surface area (Å²) in [5, 5.41) is 11.8. The molecule has 0 radical (unpaired) electrons. The molecule has 2 heterocycles. The van der Waals surface area contributed by atoms with Crippen LogP contribution in [0.3, 0.4) is 0 Å². The van der Waals surface area contributed by atoms with Crippen LogP contribution in [0.1, 0.15) is 28.1 Å². The highest BCUT2D eigenvalue weighted by atomic mass is 16.4. The second kappa shape index (κ2) is 6.80. The molecule has 3 rings (SSSR count). The third-order valence-electron chi connectivity index (χ3n) is 4.25. The Balaban J connectivity index is 1.67. The highest BCUT2D eigenvalue weighted by Crippen LogP contribution is 2.23. The van der Waals surface area contributed by atoms with Crippen LogP contribution in [0, 0.1) is 12.8 Å². The van der Waals surface area contributed by atoms with E-state index in [1.807, 2.05) is 0 Å². The molecule has 0 spiro atoms. The molecule has 1 aromatic heterocycles. The second-order valence-electron chi connectivity index (χ2n) is 6.08. The molecule has 1 aliphatic heterocycles. The van der Waals surface area contributed by atoms with Crippen molar-refractivity contribution in [2.24, 2.45) is 5.92 Å². The summed E-state index contributed by atoms with van der Waals surface area (Å²) in [6.45, 7) is 2.43. The van der Waals surface area contributed by atoms with Crippen molar-refractivity contribution in [3.05, 3.63) is 53.5 Å².